The third-order valence-corrected chi connectivity index (χ3v) is 5.59. The lowest BCUT2D eigenvalue weighted by molar-refractivity contribution is 0.440. The number of rotatable bonds is 5. The predicted molar refractivity (Wildman–Crippen MR) is 82.3 cm³/mol. The highest BCUT2D eigenvalue weighted by atomic mass is 32.2. The van der Waals surface area contributed by atoms with Crippen LogP contribution in [0.1, 0.15) is 50.3 Å². The van der Waals surface area contributed by atoms with Gasteiger partial charge in [0.25, 0.3) is 0 Å². The Kier molecular flexibility index (Phi) is 4.74. The maximum absolute atomic E-state index is 3.53. The average molecular weight is 263 g/mol. The zero-order valence-electron chi connectivity index (χ0n) is 11.8. The lowest BCUT2D eigenvalue weighted by atomic mass is 9.90. The summed E-state index contributed by atoms with van der Waals surface area (Å²) in [7, 11) is 2.09. The molecule has 0 spiro atoms. The molecular formula is C16H25NS. The number of hydrogen-bond donors (Lipinski definition) is 1. The molecule has 0 amide bonds. The van der Waals surface area contributed by atoms with Crippen molar-refractivity contribution in [2.45, 2.75) is 50.3 Å². The monoisotopic (exact) mass is 263 g/mol. The Morgan fingerprint density at radius 3 is 2.56 bits per heavy atom. The van der Waals surface area contributed by atoms with Crippen molar-refractivity contribution in [1.82, 2.24) is 5.32 Å². The molecule has 0 aromatic heterocycles. The molecule has 1 N–H and O–H groups in total. The first kappa shape index (κ1) is 14.0. The van der Waals surface area contributed by atoms with Gasteiger partial charge in [-0.1, -0.05) is 37.6 Å². The van der Waals surface area contributed by atoms with Gasteiger partial charge in [0.2, 0.25) is 0 Å². The largest absolute Gasteiger partial charge is 0.312 e. The topological polar surface area (TPSA) is 12.0 Å². The first-order chi connectivity index (χ1) is 8.69. The minimum atomic E-state index is 0.362. The molecule has 100 valence electrons. The fourth-order valence-electron chi connectivity index (χ4n) is 3.02. The number of hydrogen-bond acceptors (Lipinski definition) is 2. The summed E-state index contributed by atoms with van der Waals surface area (Å²) >= 11 is 2.12. The highest BCUT2D eigenvalue weighted by Crippen LogP contribution is 2.46. The smallest absolute Gasteiger partial charge is 0.0464 e. The molecule has 2 unspecified atom stereocenters. The van der Waals surface area contributed by atoms with Gasteiger partial charge in [0.1, 0.15) is 0 Å². The van der Waals surface area contributed by atoms with Crippen molar-refractivity contribution in [3.8, 4) is 0 Å². The van der Waals surface area contributed by atoms with Crippen LogP contribution >= 0.6 is 11.8 Å². The summed E-state index contributed by atoms with van der Waals surface area (Å²) < 4.78 is 0.362. The predicted octanol–water partition coefficient (Wildman–Crippen LogP) is 4.19. The van der Waals surface area contributed by atoms with E-state index >= 15 is 0 Å². The van der Waals surface area contributed by atoms with E-state index < -0.39 is 0 Å². The van der Waals surface area contributed by atoms with Gasteiger partial charge >= 0.3 is 0 Å². The van der Waals surface area contributed by atoms with Crippen molar-refractivity contribution in [2.75, 3.05) is 12.8 Å². The van der Waals surface area contributed by atoms with E-state index in [9.17, 15) is 0 Å². The number of aryl methyl sites for hydroxylation is 1. The molecule has 1 saturated heterocycles. The van der Waals surface area contributed by atoms with Gasteiger partial charge in [-0.05, 0) is 50.1 Å². The maximum atomic E-state index is 3.53. The molecule has 1 heterocycles. The van der Waals surface area contributed by atoms with E-state index in [1.54, 1.807) is 0 Å². The van der Waals surface area contributed by atoms with Crippen LogP contribution in [0, 0.1) is 0 Å². The van der Waals surface area contributed by atoms with Crippen molar-refractivity contribution in [2.24, 2.45) is 0 Å². The standard InChI is InChI=1S/C16H25NS/c1-4-6-13-7-9-14(10-8-13)15(17-3)16(2)11-5-12-18-16/h7-10,15,17H,4-6,11-12H2,1-3H3. The highest BCUT2D eigenvalue weighted by Gasteiger charge is 2.37. The molecule has 1 fully saturated rings. The quantitative estimate of drug-likeness (QED) is 0.855. The molecule has 2 rings (SSSR count). The summed E-state index contributed by atoms with van der Waals surface area (Å²) in [6.07, 6.45) is 5.09. The molecular weight excluding hydrogens is 238 g/mol. The van der Waals surface area contributed by atoms with Crippen molar-refractivity contribution >= 4 is 11.8 Å². The van der Waals surface area contributed by atoms with Gasteiger partial charge in [0.15, 0.2) is 0 Å². The third-order valence-electron chi connectivity index (χ3n) is 4.00. The minimum Gasteiger partial charge on any atom is -0.312 e. The SMILES string of the molecule is CCCc1ccc(C(NC)C2(C)CCCS2)cc1. The second-order valence-electron chi connectivity index (χ2n) is 5.48. The summed E-state index contributed by atoms with van der Waals surface area (Å²) in [5, 5.41) is 3.53. The molecule has 1 aliphatic rings. The van der Waals surface area contributed by atoms with Crippen LogP contribution in [0.15, 0.2) is 24.3 Å². The van der Waals surface area contributed by atoms with Crippen LogP contribution in [0.25, 0.3) is 0 Å². The molecule has 2 atom stereocenters. The lowest BCUT2D eigenvalue weighted by Gasteiger charge is -2.33. The Balaban J connectivity index is 2.16. The van der Waals surface area contributed by atoms with E-state index in [4.69, 9.17) is 0 Å². The number of thioether (sulfide) groups is 1. The normalized spacial score (nSPS) is 25.3. The zero-order valence-corrected chi connectivity index (χ0v) is 12.6. The Hall–Kier alpha value is -0.470. The van der Waals surface area contributed by atoms with Gasteiger partial charge in [-0.15, -0.1) is 0 Å². The van der Waals surface area contributed by atoms with Gasteiger partial charge in [-0.2, -0.15) is 11.8 Å². The van der Waals surface area contributed by atoms with Gasteiger partial charge < -0.3 is 5.32 Å². The Labute approximate surface area is 116 Å². The first-order valence-electron chi connectivity index (χ1n) is 7.09. The van der Waals surface area contributed by atoms with E-state index in [1.807, 2.05) is 0 Å². The summed E-state index contributed by atoms with van der Waals surface area (Å²) in [6.45, 7) is 4.65. The Morgan fingerprint density at radius 1 is 1.33 bits per heavy atom. The molecule has 2 heteroatoms. The van der Waals surface area contributed by atoms with E-state index in [0.717, 1.165) is 0 Å². The third kappa shape index (κ3) is 2.92. The van der Waals surface area contributed by atoms with Crippen LogP contribution in [-0.4, -0.2) is 17.5 Å². The fourth-order valence-corrected chi connectivity index (χ4v) is 4.48. The summed E-state index contributed by atoms with van der Waals surface area (Å²) in [6, 6.07) is 9.70. The molecule has 0 bridgehead atoms. The molecule has 1 aromatic rings. The minimum absolute atomic E-state index is 0.362. The molecule has 0 radical (unpaired) electrons. The molecule has 1 aliphatic heterocycles. The van der Waals surface area contributed by atoms with Crippen LogP contribution in [-0.2, 0) is 6.42 Å². The molecule has 1 aromatic carbocycles. The molecule has 0 saturated carbocycles. The van der Waals surface area contributed by atoms with Crippen LogP contribution in [0.2, 0.25) is 0 Å². The van der Waals surface area contributed by atoms with Gasteiger partial charge in [0.05, 0.1) is 0 Å². The Bertz CT molecular complexity index is 365. The molecule has 1 nitrogen and oxygen atoms in total. The molecule has 0 aliphatic carbocycles. The van der Waals surface area contributed by atoms with Gasteiger partial charge in [-0.25, -0.2) is 0 Å². The lowest BCUT2D eigenvalue weighted by Crippen LogP contribution is -2.35. The van der Waals surface area contributed by atoms with E-state index in [0.29, 0.717) is 10.8 Å². The van der Waals surface area contributed by atoms with E-state index in [1.165, 1.54) is 42.6 Å². The first-order valence-corrected chi connectivity index (χ1v) is 8.08. The number of benzene rings is 1. The van der Waals surface area contributed by atoms with Crippen molar-refractivity contribution in [3.63, 3.8) is 0 Å². The maximum Gasteiger partial charge on any atom is 0.0464 e. The van der Waals surface area contributed by atoms with E-state index in [2.05, 4.69) is 62.2 Å². The second kappa shape index (κ2) is 6.12. The zero-order chi connectivity index (χ0) is 13.0. The van der Waals surface area contributed by atoms with Crippen molar-refractivity contribution in [1.29, 1.82) is 0 Å². The summed E-state index contributed by atoms with van der Waals surface area (Å²) in [4.78, 5) is 0. The average Bonchev–Trinajstić information content (AvgIpc) is 2.80. The summed E-state index contributed by atoms with van der Waals surface area (Å²) in [5.74, 6) is 1.31. The van der Waals surface area contributed by atoms with E-state index in [-0.39, 0.29) is 0 Å². The van der Waals surface area contributed by atoms with Crippen LogP contribution in [0.5, 0.6) is 0 Å². The molecule has 18 heavy (non-hydrogen) atoms. The van der Waals surface area contributed by atoms with Crippen LogP contribution in [0.3, 0.4) is 0 Å². The number of nitrogens with one attached hydrogen (secondary N) is 1. The summed E-state index contributed by atoms with van der Waals surface area (Å²) in [5.41, 5.74) is 2.90. The second-order valence-corrected chi connectivity index (χ2v) is 7.11. The fraction of sp³-hybridized carbons (Fsp3) is 0.625. The van der Waals surface area contributed by atoms with Gasteiger partial charge in [0, 0.05) is 10.8 Å². The Morgan fingerprint density at radius 2 is 2.06 bits per heavy atom. The van der Waals surface area contributed by atoms with Crippen molar-refractivity contribution in [3.05, 3.63) is 35.4 Å². The highest BCUT2D eigenvalue weighted by molar-refractivity contribution is 8.00. The van der Waals surface area contributed by atoms with Gasteiger partial charge in [-0.3, -0.25) is 0 Å². The van der Waals surface area contributed by atoms with Crippen molar-refractivity contribution < 1.29 is 0 Å². The van der Waals surface area contributed by atoms with Crippen LogP contribution in [0.4, 0.5) is 0 Å². The van der Waals surface area contributed by atoms with Crippen LogP contribution < -0.4 is 5.32 Å².